The van der Waals surface area contributed by atoms with Gasteiger partial charge in [0.1, 0.15) is 10.8 Å². The second kappa shape index (κ2) is 5.41. The van der Waals surface area contributed by atoms with Crippen LogP contribution >= 0.6 is 28.1 Å². The molecule has 0 atom stereocenters. The summed E-state index contributed by atoms with van der Waals surface area (Å²) in [4.78, 5) is 4.28. The van der Waals surface area contributed by atoms with E-state index < -0.39 is 0 Å². The summed E-state index contributed by atoms with van der Waals surface area (Å²) in [6.45, 7) is 0. The summed E-state index contributed by atoms with van der Waals surface area (Å²) >= 11 is 8.24. The fourth-order valence-electron chi connectivity index (χ4n) is 1.44. The van der Waals surface area contributed by atoms with Crippen molar-refractivity contribution in [2.24, 2.45) is 5.73 Å². The van der Waals surface area contributed by atoms with Crippen LogP contribution in [-0.2, 0) is 0 Å². The van der Waals surface area contributed by atoms with Crippen LogP contribution in [0.5, 0.6) is 0 Å². The Morgan fingerprint density at radius 2 is 2.11 bits per heavy atom. The highest BCUT2D eigenvalue weighted by Crippen LogP contribution is 2.27. The Kier molecular flexibility index (Phi) is 3.88. The second-order valence-electron chi connectivity index (χ2n) is 3.53. The predicted molar refractivity (Wildman–Crippen MR) is 77.5 cm³/mol. The number of nitrogens with zero attached hydrogens (tertiary/aromatic N) is 1. The van der Waals surface area contributed by atoms with E-state index in [9.17, 15) is 4.39 Å². The molecule has 3 N–H and O–H groups in total. The number of benzene rings is 1. The van der Waals surface area contributed by atoms with E-state index in [1.54, 1.807) is 24.5 Å². The summed E-state index contributed by atoms with van der Waals surface area (Å²) in [5.74, 6) is -0.312. The van der Waals surface area contributed by atoms with Crippen LogP contribution in [0.15, 0.2) is 41.1 Å². The third kappa shape index (κ3) is 2.83. The van der Waals surface area contributed by atoms with E-state index in [1.165, 1.54) is 12.1 Å². The van der Waals surface area contributed by atoms with Gasteiger partial charge in [0.05, 0.1) is 17.6 Å². The van der Waals surface area contributed by atoms with E-state index in [-0.39, 0.29) is 10.8 Å². The molecule has 18 heavy (non-hydrogen) atoms. The maximum absolute atomic E-state index is 13.0. The number of halogens is 2. The lowest BCUT2D eigenvalue weighted by Gasteiger charge is -2.11. The summed E-state index contributed by atoms with van der Waals surface area (Å²) in [7, 11) is 0. The molecule has 1 aromatic carbocycles. The molecule has 0 radical (unpaired) electrons. The van der Waals surface area contributed by atoms with Crippen molar-refractivity contribution in [3.8, 4) is 0 Å². The molecule has 0 bridgehead atoms. The van der Waals surface area contributed by atoms with Gasteiger partial charge >= 0.3 is 0 Å². The van der Waals surface area contributed by atoms with E-state index in [4.69, 9.17) is 18.0 Å². The normalized spacial score (nSPS) is 10.1. The topological polar surface area (TPSA) is 50.9 Å². The number of hydrogen-bond donors (Lipinski definition) is 2. The molecule has 0 amide bonds. The van der Waals surface area contributed by atoms with Gasteiger partial charge in [-0.15, -0.1) is 0 Å². The maximum atomic E-state index is 13.0. The molecule has 0 aliphatic carbocycles. The number of thiocarbonyl (C=S) groups is 1. The summed E-state index contributed by atoms with van der Waals surface area (Å²) in [5.41, 5.74) is 7.70. The highest BCUT2D eigenvalue weighted by Gasteiger charge is 2.07. The number of pyridine rings is 1. The van der Waals surface area contributed by atoms with Crippen molar-refractivity contribution < 1.29 is 4.39 Å². The SMILES string of the molecule is NC(=S)c1ccncc1Nc1ccc(F)cc1Br. The largest absolute Gasteiger partial charge is 0.389 e. The summed E-state index contributed by atoms with van der Waals surface area (Å²) in [6, 6.07) is 6.08. The van der Waals surface area contributed by atoms with Crippen LogP contribution in [0.3, 0.4) is 0 Å². The van der Waals surface area contributed by atoms with Gasteiger partial charge in [-0.1, -0.05) is 12.2 Å². The van der Waals surface area contributed by atoms with Gasteiger partial charge < -0.3 is 11.1 Å². The Morgan fingerprint density at radius 1 is 1.33 bits per heavy atom. The number of aromatic nitrogens is 1. The van der Waals surface area contributed by atoms with E-state index in [0.717, 1.165) is 0 Å². The summed E-state index contributed by atoms with van der Waals surface area (Å²) < 4.78 is 13.6. The first-order valence-electron chi connectivity index (χ1n) is 5.04. The second-order valence-corrected chi connectivity index (χ2v) is 4.83. The molecule has 0 saturated heterocycles. The minimum Gasteiger partial charge on any atom is -0.389 e. The average Bonchev–Trinajstić information content (AvgIpc) is 2.33. The quantitative estimate of drug-likeness (QED) is 0.849. The lowest BCUT2D eigenvalue weighted by Crippen LogP contribution is -2.12. The molecule has 3 nitrogen and oxygen atoms in total. The van der Waals surface area contributed by atoms with E-state index in [1.807, 2.05) is 0 Å². The molecule has 0 fully saturated rings. The molecule has 0 unspecified atom stereocenters. The molecule has 0 saturated carbocycles. The van der Waals surface area contributed by atoms with Crippen molar-refractivity contribution in [3.05, 3.63) is 52.5 Å². The van der Waals surface area contributed by atoms with Crippen molar-refractivity contribution in [2.45, 2.75) is 0 Å². The minimum atomic E-state index is -0.312. The van der Waals surface area contributed by atoms with Crippen LogP contribution in [0.2, 0.25) is 0 Å². The van der Waals surface area contributed by atoms with Gasteiger partial charge in [-0.25, -0.2) is 4.39 Å². The average molecular weight is 326 g/mol. The highest BCUT2D eigenvalue weighted by atomic mass is 79.9. The third-order valence-electron chi connectivity index (χ3n) is 2.29. The molecular weight excluding hydrogens is 317 g/mol. The predicted octanol–water partition coefficient (Wildman–Crippen LogP) is 3.36. The van der Waals surface area contributed by atoms with Gasteiger partial charge in [-0.05, 0) is 40.2 Å². The van der Waals surface area contributed by atoms with Gasteiger partial charge in [0.2, 0.25) is 0 Å². The Hall–Kier alpha value is -1.53. The number of anilines is 2. The molecule has 2 rings (SSSR count). The van der Waals surface area contributed by atoms with Crippen LogP contribution in [0.1, 0.15) is 5.56 Å². The first-order chi connectivity index (χ1) is 8.58. The molecule has 0 aliphatic heterocycles. The first kappa shape index (κ1) is 12.9. The lowest BCUT2D eigenvalue weighted by molar-refractivity contribution is 0.627. The van der Waals surface area contributed by atoms with Crippen LogP contribution in [0.25, 0.3) is 0 Å². The van der Waals surface area contributed by atoms with Crippen molar-refractivity contribution in [1.82, 2.24) is 4.98 Å². The third-order valence-corrected chi connectivity index (χ3v) is 3.16. The minimum absolute atomic E-state index is 0.276. The van der Waals surface area contributed by atoms with Gasteiger partial charge in [0.15, 0.2) is 0 Å². The van der Waals surface area contributed by atoms with Gasteiger partial charge in [0, 0.05) is 16.2 Å². The standard InChI is InChI=1S/C12H9BrFN3S/c13-9-5-7(14)1-2-10(9)17-11-6-16-4-3-8(11)12(15)18/h1-6,17H,(H2,15,18). The Morgan fingerprint density at radius 3 is 2.78 bits per heavy atom. The molecule has 1 aromatic heterocycles. The smallest absolute Gasteiger partial charge is 0.124 e. The summed E-state index contributed by atoms with van der Waals surface area (Å²) in [5, 5.41) is 3.11. The van der Waals surface area contributed by atoms with Gasteiger partial charge in [-0.2, -0.15) is 0 Å². The molecule has 92 valence electrons. The maximum Gasteiger partial charge on any atom is 0.124 e. The van der Waals surface area contributed by atoms with Gasteiger partial charge in [-0.3, -0.25) is 4.98 Å². The highest BCUT2D eigenvalue weighted by molar-refractivity contribution is 9.10. The number of rotatable bonds is 3. The zero-order chi connectivity index (χ0) is 13.1. The van der Waals surface area contributed by atoms with Crippen molar-refractivity contribution in [1.29, 1.82) is 0 Å². The zero-order valence-corrected chi connectivity index (χ0v) is 11.6. The zero-order valence-electron chi connectivity index (χ0n) is 9.15. The van der Waals surface area contributed by atoms with Crippen molar-refractivity contribution >= 4 is 44.5 Å². The Labute approximate surface area is 117 Å². The number of nitrogens with two attached hydrogens (primary N) is 1. The number of nitrogens with one attached hydrogen (secondary N) is 1. The van der Waals surface area contributed by atoms with Crippen molar-refractivity contribution in [2.75, 3.05) is 5.32 Å². The molecule has 0 spiro atoms. The Balaban J connectivity index is 2.37. The lowest BCUT2D eigenvalue weighted by atomic mass is 10.2. The van der Waals surface area contributed by atoms with Crippen molar-refractivity contribution in [3.63, 3.8) is 0 Å². The monoisotopic (exact) mass is 325 g/mol. The van der Waals surface area contributed by atoms with E-state index >= 15 is 0 Å². The van der Waals surface area contributed by atoms with Crippen LogP contribution < -0.4 is 11.1 Å². The molecule has 6 heteroatoms. The molecular formula is C12H9BrFN3S. The molecule has 0 aliphatic rings. The fourth-order valence-corrected chi connectivity index (χ4v) is 2.07. The van der Waals surface area contributed by atoms with E-state index in [2.05, 4.69) is 26.2 Å². The molecule has 2 aromatic rings. The fraction of sp³-hybridized carbons (Fsp3) is 0. The van der Waals surface area contributed by atoms with Crippen LogP contribution in [-0.4, -0.2) is 9.97 Å². The Bertz CT molecular complexity index is 604. The van der Waals surface area contributed by atoms with Crippen LogP contribution in [0.4, 0.5) is 15.8 Å². The molecule has 1 heterocycles. The van der Waals surface area contributed by atoms with Crippen LogP contribution in [0, 0.1) is 5.82 Å². The van der Waals surface area contributed by atoms with Gasteiger partial charge in [0.25, 0.3) is 0 Å². The summed E-state index contributed by atoms with van der Waals surface area (Å²) in [6.07, 6.45) is 3.23. The first-order valence-corrected chi connectivity index (χ1v) is 6.24. The number of hydrogen-bond acceptors (Lipinski definition) is 3. The van der Waals surface area contributed by atoms with E-state index in [0.29, 0.717) is 21.4 Å².